The zero-order valence-corrected chi connectivity index (χ0v) is 16.4. The molecular formula is C20H15Cl2N3OS. The number of rotatable bonds is 3. The van der Waals surface area contributed by atoms with Gasteiger partial charge in [-0.05, 0) is 53.4 Å². The summed E-state index contributed by atoms with van der Waals surface area (Å²) in [5.74, 6) is 0. The van der Waals surface area contributed by atoms with E-state index in [-0.39, 0.29) is 12.1 Å². The lowest BCUT2D eigenvalue weighted by molar-refractivity contribution is 0.201. The minimum absolute atomic E-state index is 0.136. The van der Waals surface area contributed by atoms with Crippen molar-refractivity contribution >= 4 is 52.0 Å². The van der Waals surface area contributed by atoms with Crippen LogP contribution in [0.1, 0.15) is 22.9 Å². The van der Waals surface area contributed by atoms with Gasteiger partial charge in [0.2, 0.25) is 0 Å². The van der Waals surface area contributed by atoms with Crippen molar-refractivity contribution in [2.45, 2.75) is 12.5 Å². The summed E-state index contributed by atoms with van der Waals surface area (Å²) < 4.78 is 0. The quantitative estimate of drug-likeness (QED) is 0.525. The molecule has 0 radical (unpaired) electrons. The van der Waals surface area contributed by atoms with Crippen LogP contribution in [0.3, 0.4) is 0 Å². The summed E-state index contributed by atoms with van der Waals surface area (Å²) in [5, 5.41) is 12.3. The number of hydrogen-bond donors (Lipinski definition) is 1. The van der Waals surface area contributed by atoms with Gasteiger partial charge >= 0.3 is 6.03 Å². The average Bonchev–Trinajstić information content (AvgIpc) is 3.33. The summed E-state index contributed by atoms with van der Waals surface area (Å²) in [7, 11) is 0. The molecular weight excluding hydrogens is 401 g/mol. The number of nitrogens with one attached hydrogen (secondary N) is 1. The van der Waals surface area contributed by atoms with Gasteiger partial charge in [0, 0.05) is 27.0 Å². The van der Waals surface area contributed by atoms with E-state index in [1.807, 2.05) is 41.8 Å². The SMILES string of the molecule is O=C(Nc1ccc(Cl)cc1)N1N=C(c2ccc(Cl)cc2)CC1c1cccs1. The lowest BCUT2D eigenvalue weighted by atomic mass is 10.0. The molecule has 27 heavy (non-hydrogen) atoms. The monoisotopic (exact) mass is 415 g/mol. The van der Waals surface area contributed by atoms with Crippen LogP contribution in [-0.4, -0.2) is 16.8 Å². The maximum Gasteiger partial charge on any atom is 0.342 e. The Morgan fingerprint density at radius 1 is 1.04 bits per heavy atom. The molecule has 2 amide bonds. The fourth-order valence-electron chi connectivity index (χ4n) is 2.93. The minimum atomic E-state index is -0.278. The van der Waals surface area contributed by atoms with E-state index in [9.17, 15) is 4.79 Å². The van der Waals surface area contributed by atoms with Crippen LogP contribution in [0, 0.1) is 0 Å². The molecule has 1 aromatic heterocycles. The highest BCUT2D eigenvalue weighted by Gasteiger charge is 2.33. The average molecular weight is 416 g/mol. The number of anilines is 1. The van der Waals surface area contributed by atoms with Crippen molar-refractivity contribution in [3.05, 3.63) is 86.5 Å². The Bertz CT molecular complexity index is 969. The van der Waals surface area contributed by atoms with Gasteiger partial charge in [-0.2, -0.15) is 5.10 Å². The molecule has 0 aliphatic carbocycles. The number of carbonyl (C=O) groups excluding carboxylic acids is 1. The Morgan fingerprint density at radius 3 is 2.33 bits per heavy atom. The lowest BCUT2D eigenvalue weighted by Crippen LogP contribution is -2.31. The largest absolute Gasteiger partial charge is 0.342 e. The predicted octanol–water partition coefficient (Wildman–Crippen LogP) is 6.44. The van der Waals surface area contributed by atoms with Crippen LogP contribution in [0.15, 0.2) is 71.1 Å². The normalized spacial score (nSPS) is 16.3. The Labute approximate surface area is 171 Å². The Hall–Kier alpha value is -2.34. The molecule has 1 aliphatic rings. The zero-order valence-electron chi connectivity index (χ0n) is 14.1. The van der Waals surface area contributed by atoms with E-state index in [1.54, 1.807) is 35.6 Å². The molecule has 2 aromatic carbocycles. The number of hydrazone groups is 1. The van der Waals surface area contributed by atoms with E-state index in [0.717, 1.165) is 16.2 Å². The molecule has 0 fully saturated rings. The molecule has 4 nitrogen and oxygen atoms in total. The Morgan fingerprint density at radius 2 is 1.70 bits per heavy atom. The van der Waals surface area contributed by atoms with Gasteiger partial charge in [-0.25, -0.2) is 9.80 Å². The summed E-state index contributed by atoms with van der Waals surface area (Å²) in [4.78, 5) is 14.0. The first-order valence-electron chi connectivity index (χ1n) is 8.33. The summed E-state index contributed by atoms with van der Waals surface area (Å²) in [5.41, 5.74) is 2.49. The smallest absolute Gasteiger partial charge is 0.306 e. The zero-order chi connectivity index (χ0) is 18.8. The number of urea groups is 1. The third kappa shape index (κ3) is 4.00. The van der Waals surface area contributed by atoms with Gasteiger partial charge < -0.3 is 5.32 Å². The molecule has 1 N–H and O–H groups in total. The molecule has 7 heteroatoms. The maximum atomic E-state index is 12.9. The van der Waals surface area contributed by atoms with Gasteiger partial charge in [-0.15, -0.1) is 11.3 Å². The summed E-state index contributed by atoms with van der Waals surface area (Å²) in [6, 6.07) is 18.1. The molecule has 1 aliphatic heterocycles. The Kier molecular flexibility index (Phi) is 5.16. The fraction of sp³-hybridized carbons (Fsp3) is 0.100. The second kappa shape index (κ2) is 7.72. The van der Waals surface area contributed by atoms with Crippen LogP contribution in [0.2, 0.25) is 10.0 Å². The number of carbonyl (C=O) groups is 1. The molecule has 1 atom stereocenters. The van der Waals surface area contributed by atoms with Crippen molar-refractivity contribution < 1.29 is 4.79 Å². The highest BCUT2D eigenvalue weighted by Crippen LogP contribution is 2.35. The van der Waals surface area contributed by atoms with E-state index in [0.29, 0.717) is 22.2 Å². The van der Waals surface area contributed by atoms with Gasteiger partial charge in [-0.1, -0.05) is 41.4 Å². The second-order valence-electron chi connectivity index (χ2n) is 6.07. The minimum Gasteiger partial charge on any atom is -0.306 e. The van der Waals surface area contributed by atoms with Crippen molar-refractivity contribution in [3.63, 3.8) is 0 Å². The number of halogens is 2. The molecule has 0 saturated heterocycles. The number of thiophene rings is 1. The highest BCUT2D eigenvalue weighted by molar-refractivity contribution is 7.10. The highest BCUT2D eigenvalue weighted by atomic mass is 35.5. The number of benzene rings is 2. The van der Waals surface area contributed by atoms with Gasteiger partial charge in [0.1, 0.15) is 0 Å². The van der Waals surface area contributed by atoms with Crippen molar-refractivity contribution in [2.75, 3.05) is 5.32 Å². The molecule has 0 saturated carbocycles. The Balaban J connectivity index is 1.62. The van der Waals surface area contributed by atoms with E-state index < -0.39 is 0 Å². The molecule has 0 bridgehead atoms. The predicted molar refractivity (Wildman–Crippen MR) is 112 cm³/mol. The van der Waals surface area contributed by atoms with Crippen LogP contribution in [0.25, 0.3) is 0 Å². The molecule has 4 rings (SSSR count). The van der Waals surface area contributed by atoms with Crippen LogP contribution in [0.5, 0.6) is 0 Å². The summed E-state index contributed by atoms with van der Waals surface area (Å²) >= 11 is 13.5. The van der Waals surface area contributed by atoms with E-state index in [2.05, 4.69) is 10.4 Å². The first-order chi connectivity index (χ1) is 13.1. The molecule has 2 heterocycles. The summed E-state index contributed by atoms with van der Waals surface area (Å²) in [6.07, 6.45) is 0.649. The second-order valence-corrected chi connectivity index (χ2v) is 7.92. The van der Waals surface area contributed by atoms with Crippen LogP contribution in [0.4, 0.5) is 10.5 Å². The van der Waals surface area contributed by atoms with Crippen molar-refractivity contribution in [1.29, 1.82) is 0 Å². The summed E-state index contributed by atoms with van der Waals surface area (Å²) in [6.45, 7) is 0. The first-order valence-corrected chi connectivity index (χ1v) is 9.96. The van der Waals surface area contributed by atoms with Gasteiger partial charge in [-0.3, -0.25) is 0 Å². The van der Waals surface area contributed by atoms with Crippen LogP contribution < -0.4 is 5.32 Å². The molecule has 136 valence electrons. The topological polar surface area (TPSA) is 44.7 Å². The fourth-order valence-corrected chi connectivity index (χ4v) is 3.99. The third-order valence-electron chi connectivity index (χ3n) is 4.26. The van der Waals surface area contributed by atoms with Crippen LogP contribution in [-0.2, 0) is 0 Å². The van der Waals surface area contributed by atoms with Gasteiger partial charge in [0.05, 0.1) is 11.8 Å². The standard InChI is InChI=1S/C20H15Cl2N3OS/c21-14-5-3-13(4-6-14)17-12-18(19-2-1-11-27-19)25(24-17)20(26)23-16-9-7-15(22)8-10-16/h1-11,18H,12H2,(H,23,26). The molecule has 3 aromatic rings. The lowest BCUT2D eigenvalue weighted by Gasteiger charge is -2.21. The number of hydrogen-bond acceptors (Lipinski definition) is 3. The van der Waals surface area contributed by atoms with Gasteiger partial charge in [0.15, 0.2) is 0 Å². The third-order valence-corrected chi connectivity index (χ3v) is 5.74. The molecule has 0 spiro atoms. The molecule has 1 unspecified atom stereocenters. The van der Waals surface area contributed by atoms with Gasteiger partial charge in [0.25, 0.3) is 0 Å². The van der Waals surface area contributed by atoms with E-state index in [4.69, 9.17) is 23.2 Å². The van der Waals surface area contributed by atoms with Crippen molar-refractivity contribution in [1.82, 2.24) is 5.01 Å². The maximum absolute atomic E-state index is 12.9. The van der Waals surface area contributed by atoms with Crippen LogP contribution >= 0.6 is 34.5 Å². The van der Waals surface area contributed by atoms with Crippen molar-refractivity contribution in [3.8, 4) is 0 Å². The first kappa shape index (κ1) is 18.0. The van der Waals surface area contributed by atoms with E-state index in [1.165, 1.54) is 5.01 Å². The number of amides is 2. The number of nitrogens with zero attached hydrogens (tertiary/aromatic N) is 2. The van der Waals surface area contributed by atoms with Crippen molar-refractivity contribution in [2.24, 2.45) is 5.10 Å². The van der Waals surface area contributed by atoms with E-state index >= 15 is 0 Å².